The molecule has 44 heavy (non-hydrogen) atoms. The van der Waals surface area contributed by atoms with Crippen LogP contribution in [-0.4, -0.2) is 9.55 Å². The van der Waals surface area contributed by atoms with Gasteiger partial charge in [-0.25, -0.2) is 0 Å². The maximum Gasteiger partial charge on any atom is 0.138 e. The molecule has 0 radical (unpaired) electrons. The zero-order valence-electron chi connectivity index (χ0n) is 23.7. The Hall–Kier alpha value is -6.11. The lowest BCUT2D eigenvalue weighted by Gasteiger charge is -2.15. The second-order valence-electron chi connectivity index (χ2n) is 11.0. The van der Waals surface area contributed by atoms with E-state index in [9.17, 15) is 0 Å². The Morgan fingerprint density at radius 2 is 1.30 bits per heavy atom. The highest BCUT2D eigenvalue weighted by Gasteiger charge is 2.24. The van der Waals surface area contributed by atoms with Crippen LogP contribution in [-0.2, 0) is 0 Å². The standard InChI is InChI=1S/C41H24N2O/c1-2-12-27(13-3-1)21-23-31-36(26-38-41(32-17-7-9-20-37(32)44-38)40(31)33-18-10-11-25-42-33)43-34-19-8-6-16-30(34)39-29-15-5-4-14-28(29)22-24-35(39)43/h1-20,22,24-26H. The molecule has 3 aromatic heterocycles. The molecule has 9 aromatic rings. The molecule has 0 atom stereocenters. The topological polar surface area (TPSA) is 31.0 Å². The average Bonchev–Trinajstić information content (AvgIpc) is 3.63. The van der Waals surface area contributed by atoms with E-state index in [0.717, 1.165) is 61.0 Å². The smallest absolute Gasteiger partial charge is 0.138 e. The van der Waals surface area contributed by atoms with Gasteiger partial charge in [-0.15, -0.1) is 0 Å². The van der Waals surface area contributed by atoms with E-state index in [1.54, 1.807) is 0 Å². The third kappa shape index (κ3) is 3.68. The molecule has 3 heterocycles. The summed E-state index contributed by atoms with van der Waals surface area (Å²) in [5, 5.41) is 6.94. The fourth-order valence-electron chi connectivity index (χ4n) is 6.60. The van der Waals surface area contributed by atoms with E-state index in [1.807, 2.05) is 60.8 Å². The van der Waals surface area contributed by atoms with Crippen LogP contribution in [0.4, 0.5) is 0 Å². The van der Waals surface area contributed by atoms with E-state index in [2.05, 4.69) is 101 Å². The third-order valence-electron chi connectivity index (χ3n) is 8.48. The molecule has 0 spiro atoms. The zero-order chi connectivity index (χ0) is 29.0. The Labute approximate surface area is 253 Å². The van der Waals surface area contributed by atoms with Crippen molar-refractivity contribution < 1.29 is 4.42 Å². The van der Waals surface area contributed by atoms with E-state index < -0.39 is 0 Å². The van der Waals surface area contributed by atoms with Crippen LogP contribution in [0.3, 0.4) is 0 Å². The van der Waals surface area contributed by atoms with Crippen LogP contribution in [0, 0.1) is 11.8 Å². The van der Waals surface area contributed by atoms with Crippen molar-refractivity contribution in [1.82, 2.24) is 9.55 Å². The number of furan rings is 1. The minimum Gasteiger partial charge on any atom is -0.456 e. The highest BCUT2D eigenvalue weighted by atomic mass is 16.3. The number of fused-ring (bicyclic) bond motifs is 8. The van der Waals surface area contributed by atoms with Crippen molar-refractivity contribution >= 4 is 54.5 Å². The number of aromatic nitrogens is 2. The summed E-state index contributed by atoms with van der Waals surface area (Å²) in [7, 11) is 0. The van der Waals surface area contributed by atoms with Gasteiger partial charge in [0.05, 0.1) is 28.0 Å². The van der Waals surface area contributed by atoms with Gasteiger partial charge in [-0.3, -0.25) is 4.98 Å². The fraction of sp³-hybridized carbons (Fsp3) is 0. The molecule has 0 unspecified atom stereocenters. The highest BCUT2D eigenvalue weighted by molar-refractivity contribution is 6.22. The van der Waals surface area contributed by atoms with Crippen LogP contribution in [0.1, 0.15) is 11.1 Å². The van der Waals surface area contributed by atoms with Crippen LogP contribution in [0.15, 0.2) is 150 Å². The normalized spacial score (nSPS) is 11.5. The van der Waals surface area contributed by atoms with Gasteiger partial charge in [-0.1, -0.05) is 103 Å². The molecule has 0 saturated heterocycles. The molecule has 0 bridgehead atoms. The van der Waals surface area contributed by atoms with Gasteiger partial charge in [0.15, 0.2) is 0 Å². The zero-order valence-corrected chi connectivity index (χ0v) is 23.7. The van der Waals surface area contributed by atoms with Crippen molar-refractivity contribution in [2.45, 2.75) is 0 Å². The molecule has 0 fully saturated rings. The fourth-order valence-corrected chi connectivity index (χ4v) is 6.60. The van der Waals surface area contributed by atoms with Crippen molar-refractivity contribution in [2.75, 3.05) is 0 Å². The molecule has 3 heteroatoms. The Morgan fingerprint density at radius 3 is 2.16 bits per heavy atom. The maximum atomic E-state index is 6.58. The number of pyridine rings is 1. The highest BCUT2D eigenvalue weighted by Crippen LogP contribution is 2.44. The summed E-state index contributed by atoms with van der Waals surface area (Å²) >= 11 is 0. The first-order chi connectivity index (χ1) is 21.8. The number of rotatable bonds is 2. The Morgan fingerprint density at radius 1 is 0.545 bits per heavy atom. The first-order valence-electron chi connectivity index (χ1n) is 14.7. The number of para-hydroxylation sites is 2. The summed E-state index contributed by atoms with van der Waals surface area (Å²) in [5.41, 5.74) is 8.53. The van der Waals surface area contributed by atoms with Crippen LogP contribution in [0.5, 0.6) is 0 Å². The summed E-state index contributed by atoms with van der Waals surface area (Å²) < 4.78 is 8.93. The van der Waals surface area contributed by atoms with Crippen molar-refractivity contribution in [2.24, 2.45) is 0 Å². The molecule has 0 N–H and O–H groups in total. The lowest BCUT2D eigenvalue weighted by atomic mass is 9.95. The molecule has 3 nitrogen and oxygen atoms in total. The van der Waals surface area contributed by atoms with Crippen LogP contribution >= 0.6 is 0 Å². The number of hydrogen-bond donors (Lipinski definition) is 0. The second-order valence-corrected chi connectivity index (χ2v) is 11.0. The van der Waals surface area contributed by atoms with Crippen molar-refractivity contribution in [1.29, 1.82) is 0 Å². The Kier molecular flexibility index (Phi) is 5.41. The first kappa shape index (κ1) is 24.5. The van der Waals surface area contributed by atoms with E-state index >= 15 is 0 Å². The van der Waals surface area contributed by atoms with Gasteiger partial charge in [0.2, 0.25) is 0 Å². The number of hydrogen-bond acceptors (Lipinski definition) is 2. The lowest BCUT2D eigenvalue weighted by Crippen LogP contribution is -2.01. The molecule has 0 amide bonds. The first-order valence-corrected chi connectivity index (χ1v) is 14.7. The predicted molar refractivity (Wildman–Crippen MR) is 181 cm³/mol. The number of benzene rings is 6. The van der Waals surface area contributed by atoms with Gasteiger partial charge in [0.1, 0.15) is 11.2 Å². The van der Waals surface area contributed by atoms with E-state index in [-0.39, 0.29) is 0 Å². The minimum absolute atomic E-state index is 0.804. The summed E-state index contributed by atoms with van der Waals surface area (Å²) in [6.45, 7) is 0. The van der Waals surface area contributed by atoms with Gasteiger partial charge in [0, 0.05) is 44.9 Å². The van der Waals surface area contributed by atoms with Gasteiger partial charge in [0.25, 0.3) is 0 Å². The van der Waals surface area contributed by atoms with E-state index in [1.165, 1.54) is 21.5 Å². The summed E-state index contributed by atoms with van der Waals surface area (Å²) in [5.74, 6) is 7.13. The summed E-state index contributed by atoms with van der Waals surface area (Å²) in [6, 6.07) is 48.3. The average molecular weight is 561 g/mol. The largest absolute Gasteiger partial charge is 0.456 e. The molecule has 0 aliphatic heterocycles. The molecule has 9 rings (SSSR count). The van der Waals surface area contributed by atoms with Crippen LogP contribution < -0.4 is 0 Å². The minimum atomic E-state index is 0.804. The van der Waals surface area contributed by atoms with Crippen molar-refractivity contribution in [3.8, 4) is 28.8 Å². The maximum absolute atomic E-state index is 6.58. The van der Waals surface area contributed by atoms with Gasteiger partial charge < -0.3 is 8.98 Å². The monoisotopic (exact) mass is 560 g/mol. The SMILES string of the molecule is C(#Cc1c(-n2c3ccccc3c3c4ccccc4ccc32)cc2oc3ccccc3c2c1-c1ccccn1)c1ccccc1. The Bertz CT molecular complexity index is 2600. The molecule has 204 valence electrons. The van der Waals surface area contributed by atoms with E-state index in [4.69, 9.17) is 9.40 Å². The van der Waals surface area contributed by atoms with Crippen molar-refractivity contribution in [3.63, 3.8) is 0 Å². The molecular formula is C41H24N2O. The van der Waals surface area contributed by atoms with Crippen LogP contribution in [0.25, 0.3) is 71.5 Å². The van der Waals surface area contributed by atoms with E-state index in [0.29, 0.717) is 0 Å². The van der Waals surface area contributed by atoms with Gasteiger partial charge >= 0.3 is 0 Å². The molecule has 0 aliphatic rings. The molecule has 0 aliphatic carbocycles. The summed E-state index contributed by atoms with van der Waals surface area (Å²) in [6.07, 6.45) is 1.84. The number of nitrogens with zero attached hydrogens (tertiary/aromatic N) is 2. The quantitative estimate of drug-likeness (QED) is 0.197. The molecular weight excluding hydrogens is 536 g/mol. The second kappa shape index (κ2) is 9.73. The van der Waals surface area contributed by atoms with Crippen LogP contribution in [0.2, 0.25) is 0 Å². The van der Waals surface area contributed by atoms with Crippen molar-refractivity contribution in [3.05, 3.63) is 157 Å². The Balaban J connectivity index is 1.51. The molecule has 0 saturated carbocycles. The lowest BCUT2D eigenvalue weighted by molar-refractivity contribution is 0.668. The third-order valence-corrected chi connectivity index (χ3v) is 8.48. The summed E-state index contributed by atoms with van der Waals surface area (Å²) in [4.78, 5) is 4.87. The molecule has 6 aromatic carbocycles. The predicted octanol–water partition coefficient (Wildman–Crippen LogP) is 10.3. The van der Waals surface area contributed by atoms with Gasteiger partial charge in [-0.05, 0) is 53.2 Å². The van der Waals surface area contributed by atoms with Gasteiger partial charge in [-0.2, -0.15) is 0 Å².